The SMILES string of the molecule is O=C1N=CC(S(=O)(=O)Nc2ccc(Cl)cc2C(=O)c2ccccc2)C(=O)N1. The molecule has 0 bridgehead atoms. The zero-order chi connectivity index (χ0) is 19.6. The van der Waals surface area contributed by atoms with Crippen LogP contribution in [-0.2, 0) is 14.8 Å². The Morgan fingerprint density at radius 1 is 1.11 bits per heavy atom. The minimum Gasteiger partial charge on any atom is -0.289 e. The molecule has 1 atom stereocenters. The third kappa shape index (κ3) is 4.04. The molecule has 2 aromatic carbocycles. The molecule has 27 heavy (non-hydrogen) atoms. The fraction of sp³-hybridized carbons (Fsp3) is 0.0588. The summed E-state index contributed by atoms with van der Waals surface area (Å²) in [6.45, 7) is 0. The highest BCUT2D eigenvalue weighted by Crippen LogP contribution is 2.25. The molecule has 8 nitrogen and oxygen atoms in total. The third-order valence-corrected chi connectivity index (χ3v) is 5.41. The van der Waals surface area contributed by atoms with Crippen LogP contribution in [0.2, 0.25) is 5.02 Å². The molecule has 3 rings (SSSR count). The molecule has 2 aromatic rings. The summed E-state index contributed by atoms with van der Waals surface area (Å²) >= 11 is 5.96. The van der Waals surface area contributed by atoms with Gasteiger partial charge in [0.1, 0.15) is 0 Å². The molecule has 3 amide bonds. The van der Waals surface area contributed by atoms with Crippen LogP contribution in [0.3, 0.4) is 0 Å². The average Bonchev–Trinajstić information content (AvgIpc) is 2.63. The number of amides is 3. The topological polar surface area (TPSA) is 122 Å². The van der Waals surface area contributed by atoms with Crippen LogP contribution < -0.4 is 10.0 Å². The molecule has 0 saturated carbocycles. The molecule has 1 heterocycles. The minimum absolute atomic E-state index is 0.0153. The Morgan fingerprint density at radius 3 is 2.48 bits per heavy atom. The molecule has 2 N–H and O–H groups in total. The summed E-state index contributed by atoms with van der Waals surface area (Å²) in [5.41, 5.74) is 0.302. The number of carbonyl (C=O) groups is 3. The first-order valence-electron chi connectivity index (χ1n) is 7.58. The van der Waals surface area contributed by atoms with E-state index in [1.165, 1.54) is 18.2 Å². The molecule has 1 aliphatic heterocycles. The van der Waals surface area contributed by atoms with Gasteiger partial charge in [0, 0.05) is 22.4 Å². The second-order valence-electron chi connectivity index (χ2n) is 5.53. The van der Waals surface area contributed by atoms with Crippen molar-refractivity contribution in [2.24, 2.45) is 4.99 Å². The van der Waals surface area contributed by atoms with Crippen molar-refractivity contribution in [2.75, 3.05) is 4.72 Å². The largest absolute Gasteiger partial charge is 0.347 e. The van der Waals surface area contributed by atoms with E-state index in [2.05, 4.69) is 9.71 Å². The Morgan fingerprint density at radius 2 is 1.81 bits per heavy atom. The second-order valence-corrected chi connectivity index (χ2v) is 7.76. The number of imide groups is 1. The summed E-state index contributed by atoms with van der Waals surface area (Å²) in [5.74, 6) is -1.49. The van der Waals surface area contributed by atoms with Gasteiger partial charge in [0.2, 0.25) is 10.0 Å². The summed E-state index contributed by atoms with van der Waals surface area (Å²) in [7, 11) is -4.32. The molecule has 138 valence electrons. The maximum absolute atomic E-state index is 12.7. The maximum Gasteiger partial charge on any atom is 0.347 e. The van der Waals surface area contributed by atoms with E-state index in [0.29, 0.717) is 5.56 Å². The van der Waals surface area contributed by atoms with Crippen molar-refractivity contribution in [2.45, 2.75) is 5.25 Å². The Bertz CT molecular complexity index is 1070. The van der Waals surface area contributed by atoms with Gasteiger partial charge in [0.05, 0.1) is 5.69 Å². The highest BCUT2D eigenvalue weighted by atomic mass is 35.5. The molecule has 0 spiro atoms. The predicted molar refractivity (Wildman–Crippen MR) is 99.7 cm³/mol. The summed E-state index contributed by atoms with van der Waals surface area (Å²) in [6.07, 6.45) is 0.734. The van der Waals surface area contributed by atoms with E-state index >= 15 is 0 Å². The molecule has 1 aliphatic rings. The molecule has 1 unspecified atom stereocenters. The highest BCUT2D eigenvalue weighted by molar-refractivity contribution is 7.94. The van der Waals surface area contributed by atoms with Gasteiger partial charge in [-0.25, -0.2) is 18.2 Å². The van der Waals surface area contributed by atoms with Crippen LogP contribution >= 0.6 is 11.6 Å². The number of aliphatic imine (C=N–C) groups is 1. The normalized spacial score (nSPS) is 16.7. The van der Waals surface area contributed by atoms with Crippen LogP contribution in [-0.4, -0.2) is 37.6 Å². The number of anilines is 1. The van der Waals surface area contributed by atoms with Crippen molar-refractivity contribution in [3.63, 3.8) is 0 Å². The second kappa shape index (κ2) is 7.29. The number of halogens is 1. The molecule has 0 aromatic heterocycles. The number of ketones is 1. The van der Waals surface area contributed by atoms with Gasteiger partial charge in [-0.1, -0.05) is 41.9 Å². The Kier molecular flexibility index (Phi) is 5.06. The highest BCUT2D eigenvalue weighted by Gasteiger charge is 2.35. The van der Waals surface area contributed by atoms with Crippen molar-refractivity contribution in [1.82, 2.24) is 5.32 Å². The van der Waals surface area contributed by atoms with Crippen molar-refractivity contribution in [3.05, 3.63) is 64.7 Å². The molecule has 10 heteroatoms. The van der Waals surface area contributed by atoms with E-state index in [9.17, 15) is 22.8 Å². The van der Waals surface area contributed by atoms with Crippen LogP contribution in [0.25, 0.3) is 0 Å². The number of hydrogen-bond acceptors (Lipinski definition) is 5. The average molecular weight is 406 g/mol. The van der Waals surface area contributed by atoms with Crippen molar-refractivity contribution in [1.29, 1.82) is 0 Å². The Labute approximate surface area is 159 Å². The molecule has 0 aliphatic carbocycles. The van der Waals surface area contributed by atoms with Gasteiger partial charge in [-0.05, 0) is 18.2 Å². The number of sulfonamides is 1. The Hall–Kier alpha value is -3.04. The van der Waals surface area contributed by atoms with Crippen molar-refractivity contribution < 1.29 is 22.8 Å². The monoisotopic (exact) mass is 405 g/mol. The lowest BCUT2D eigenvalue weighted by Gasteiger charge is -2.18. The van der Waals surface area contributed by atoms with E-state index < -0.39 is 33.0 Å². The van der Waals surface area contributed by atoms with Gasteiger partial charge < -0.3 is 0 Å². The summed E-state index contributed by atoms with van der Waals surface area (Å²) in [5, 5.41) is 0.329. The zero-order valence-electron chi connectivity index (χ0n) is 13.5. The van der Waals surface area contributed by atoms with Crippen LogP contribution in [0.5, 0.6) is 0 Å². The smallest absolute Gasteiger partial charge is 0.289 e. The lowest BCUT2D eigenvalue weighted by Crippen LogP contribution is -2.48. The van der Waals surface area contributed by atoms with E-state index in [4.69, 9.17) is 11.6 Å². The van der Waals surface area contributed by atoms with Gasteiger partial charge >= 0.3 is 6.03 Å². The third-order valence-electron chi connectivity index (χ3n) is 3.66. The quantitative estimate of drug-likeness (QED) is 0.737. The minimum atomic E-state index is -4.32. The van der Waals surface area contributed by atoms with Gasteiger partial charge in [-0.3, -0.25) is 19.6 Å². The number of carbonyl (C=O) groups excluding carboxylic acids is 3. The molecule has 0 fully saturated rings. The first kappa shape index (κ1) is 18.7. The van der Waals surface area contributed by atoms with E-state index in [1.54, 1.807) is 30.3 Å². The van der Waals surface area contributed by atoms with E-state index in [-0.39, 0.29) is 16.3 Å². The fourth-order valence-corrected chi connectivity index (χ4v) is 3.73. The number of nitrogens with zero attached hydrogens (tertiary/aromatic N) is 1. The number of urea groups is 1. The van der Waals surface area contributed by atoms with E-state index in [1.807, 2.05) is 5.32 Å². The number of hydrogen-bond donors (Lipinski definition) is 2. The molecule has 0 saturated heterocycles. The summed E-state index contributed by atoms with van der Waals surface area (Å²) in [6, 6.07) is 11.3. The first-order chi connectivity index (χ1) is 12.8. The number of rotatable bonds is 5. The first-order valence-corrected chi connectivity index (χ1v) is 9.50. The number of benzene rings is 2. The van der Waals surface area contributed by atoms with E-state index in [0.717, 1.165) is 6.21 Å². The maximum atomic E-state index is 12.7. The standard InChI is InChI=1S/C17H12ClN3O5S/c18-11-6-7-13(12(8-11)15(22)10-4-2-1-3-5-10)21-27(25,26)14-9-19-17(24)20-16(14)23/h1-9,14,21H,(H,20,23,24). The molecular formula is C17H12ClN3O5S. The van der Waals surface area contributed by atoms with Crippen LogP contribution in [0, 0.1) is 0 Å². The van der Waals surface area contributed by atoms with Gasteiger partial charge in [-0.2, -0.15) is 0 Å². The van der Waals surface area contributed by atoms with Crippen LogP contribution in [0.4, 0.5) is 10.5 Å². The lowest BCUT2D eigenvalue weighted by atomic mass is 10.0. The lowest BCUT2D eigenvalue weighted by molar-refractivity contribution is -0.118. The van der Waals surface area contributed by atoms with Crippen LogP contribution in [0.1, 0.15) is 15.9 Å². The zero-order valence-corrected chi connectivity index (χ0v) is 15.1. The Balaban J connectivity index is 1.98. The molecular weight excluding hydrogens is 394 g/mol. The summed E-state index contributed by atoms with van der Waals surface area (Å²) < 4.78 is 27.3. The number of nitrogens with one attached hydrogen (secondary N) is 2. The fourth-order valence-electron chi connectivity index (χ4n) is 2.39. The predicted octanol–water partition coefficient (Wildman–Crippen LogP) is 2.00. The van der Waals surface area contributed by atoms with Gasteiger partial charge in [0.25, 0.3) is 5.91 Å². The van der Waals surface area contributed by atoms with Gasteiger partial charge in [-0.15, -0.1) is 0 Å². The van der Waals surface area contributed by atoms with Gasteiger partial charge in [0.15, 0.2) is 11.0 Å². The summed E-state index contributed by atoms with van der Waals surface area (Å²) in [4.78, 5) is 38.9. The van der Waals surface area contributed by atoms with Crippen molar-refractivity contribution in [3.8, 4) is 0 Å². The molecule has 0 radical (unpaired) electrons. The van der Waals surface area contributed by atoms with Crippen LogP contribution in [0.15, 0.2) is 53.5 Å². The van der Waals surface area contributed by atoms with Crippen molar-refractivity contribution >= 4 is 51.2 Å².